The summed E-state index contributed by atoms with van der Waals surface area (Å²) in [5, 5.41) is 0. The molecular weight excluding hydrogens is 162 g/mol. The fraction of sp³-hybridized carbons (Fsp3) is 0.600. The number of hydrogen-bond donors (Lipinski definition) is 1. The van der Waals surface area contributed by atoms with Gasteiger partial charge < -0.3 is 5.73 Å². The predicted molar refractivity (Wildman–Crippen MR) is 51.0 cm³/mol. The van der Waals surface area contributed by atoms with Crippen molar-refractivity contribution in [1.29, 1.82) is 0 Å². The third-order valence-electron chi connectivity index (χ3n) is 2.84. The molecule has 1 heterocycles. The lowest BCUT2D eigenvalue weighted by Crippen LogP contribution is -2.25. The summed E-state index contributed by atoms with van der Waals surface area (Å²) in [5.74, 6) is 1.39. The highest BCUT2D eigenvalue weighted by atomic mass is 15.0. The SMILES string of the molecule is CCC1CC1(N)c1ncc(C)cn1. The van der Waals surface area contributed by atoms with Crippen LogP contribution in [0.3, 0.4) is 0 Å². The molecule has 1 aromatic heterocycles. The van der Waals surface area contributed by atoms with E-state index in [1.54, 1.807) is 0 Å². The highest BCUT2D eigenvalue weighted by Crippen LogP contribution is 2.49. The van der Waals surface area contributed by atoms with Crippen LogP contribution in [0.25, 0.3) is 0 Å². The molecule has 1 aromatic rings. The molecule has 2 atom stereocenters. The van der Waals surface area contributed by atoms with Gasteiger partial charge in [0, 0.05) is 12.4 Å². The van der Waals surface area contributed by atoms with Crippen LogP contribution in [-0.4, -0.2) is 9.97 Å². The summed E-state index contributed by atoms with van der Waals surface area (Å²) >= 11 is 0. The van der Waals surface area contributed by atoms with E-state index in [0.717, 1.165) is 24.2 Å². The van der Waals surface area contributed by atoms with Gasteiger partial charge in [-0.05, 0) is 24.8 Å². The quantitative estimate of drug-likeness (QED) is 0.742. The first-order valence-electron chi connectivity index (χ1n) is 4.75. The van der Waals surface area contributed by atoms with Crippen LogP contribution in [-0.2, 0) is 5.54 Å². The number of nitrogens with zero attached hydrogens (tertiary/aromatic N) is 2. The minimum Gasteiger partial charge on any atom is -0.319 e. The second-order valence-corrected chi connectivity index (χ2v) is 3.93. The fourth-order valence-electron chi connectivity index (χ4n) is 1.76. The molecule has 1 fully saturated rings. The van der Waals surface area contributed by atoms with Crippen molar-refractivity contribution in [3.8, 4) is 0 Å². The van der Waals surface area contributed by atoms with Gasteiger partial charge in [0.2, 0.25) is 0 Å². The van der Waals surface area contributed by atoms with E-state index in [9.17, 15) is 0 Å². The Morgan fingerprint density at radius 1 is 1.54 bits per heavy atom. The van der Waals surface area contributed by atoms with Gasteiger partial charge in [0.25, 0.3) is 0 Å². The number of nitrogens with two attached hydrogens (primary N) is 1. The number of aryl methyl sites for hydroxylation is 1. The number of aromatic nitrogens is 2. The molecule has 1 aliphatic carbocycles. The summed E-state index contributed by atoms with van der Waals surface area (Å²) < 4.78 is 0. The van der Waals surface area contributed by atoms with E-state index in [4.69, 9.17) is 5.73 Å². The smallest absolute Gasteiger partial charge is 0.148 e. The Morgan fingerprint density at radius 2 is 2.15 bits per heavy atom. The molecule has 2 N–H and O–H groups in total. The number of hydrogen-bond acceptors (Lipinski definition) is 3. The van der Waals surface area contributed by atoms with E-state index in [1.165, 1.54) is 0 Å². The number of rotatable bonds is 2. The maximum absolute atomic E-state index is 6.15. The first-order valence-corrected chi connectivity index (χ1v) is 4.75. The third-order valence-corrected chi connectivity index (χ3v) is 2.84. The zero-order valence-corrected chi connectivity index (χ0v) is 8.12. The van der Waals surface area contributed by atoms with Gasteiger partial charge in [0.05, 0.1) is 5.54 Å². The third kappa shape index (κ3) is 1.33. The minimum absolute atomic E-state index is 0.220. The summed E-state index contributed by atoms with van der Waals surface area (Å²) in [4.78, 5) is 8.55. The molecule has 70 valence electrons. The van der Waals surface area contributed by atoms with Gasteiger partial charge in [-0.2, -0.15) is 0 Å². The molecule has 3 nitrogen and oxygen atoms in total. The van der Waals surface area contributed by atoms with Gasteiger partial charge >= 0.3 is 0 Å². The first-order chi connectivity index (χ1) is 6.16. The lowest BCUT2D eigenvalue weighted by Gasteiger charge is -2.08. The molecule has 0 radical (unpaired) electrons. The zero-order valence-electron chi connectivity index (χ0n) is 8.12. The molecule has 2 rings (SSSR count). The van der Waals surface area contributed by atoms with Crippen LogP contribution in [0.2, 0.25) is 0 Å². The van der Waals surface area contributed by atoms with Crippen LogP contribution < -0.4 is 5.73 Å². The lowest BCUT2D eigenvalue weighted by molar-refractivity contribution is 0.577. The molecule has 0 amide bonds. The van der Waals surface area contributed by atoms with Crippen molar-refractivity contribution in [3.63, 3.8) is 0 Å². The van der Waals surface area contributed by atoms with Crippen LogP contribution in [0.4, 0.5) is 0 Å². The summed E-state index contributed by atoms with van der Waals surface area (Å²) in [7, 11) is 0. The van der Waals surface area contributed by atoms with Gasteiger partial charge in [0.15, 0.2) is 0 Å². The Morgan fingerprint density at radius 3 is 2.62 bits per heavy atom. The predicted octanol–water partition coefficient (Wildman–Crippen LogP) is 1.37. The Balaban J connectivity index is 2.23. The molecule has 1 aliphatic rings. The van der Waals surface area contributed by atoms with Crippen molar-refractivity contribution >= 4 is 0 Å². The van der Waals surface area contributed by atoms with Gasteiger partial charge in [-0.25, -0.2) is 9.97 Å². The average molecular weight is 177 g/mol. The van der Waals surface area contributed by atoms with E-state index in [2.05, 4.69) is 16.9 Å². The Kier molecular flexibility index (Phi) is 1.84. The van der Waals surface area contributed by atoms with Gasteiger partial charge in [0.1, 0.15) is 5.82 Å². The highest BCUT2D eigenvalue weighted by molar-refractivity contribution is 5.20. The van der Waals surface area contributed by atoms with E-state index in [0.29, 0.717) is 5.92 Å². The fourth-order valence-corrected chi connectivity index (χ4v) is 1.76. The molecule has 0 aromatic carbocycles. The minimum atomic E-state index is -0.220. The van der Waals surface area contributed by atoms with E-state index in [1.807, 2.05) is 19.3 Å². The average Bonchev–Trinajstić information content (AvgIpc) is 2.80. The molecule has 13 heavy (non-hydrogen) atoms. The van der Waals surface area contributed by atoms with Crippen molar-refractivity contribution in [2.75, 3.05) is 0 Å². The van der Waals surface area contributed by atoms with Crippen molar-refractivity contribution in [1.82, 2.24) is 9.97 Å². The van der Waals surface area contributed by atoms with Gasteiger partial charge in [-0.15, -0.1) is 0 Å². The first kappa shape index (κ1) is 8.63. The van der Waals surface area contributed by atoms with E-state index >= 15 is 0 Å². The molecule has 0 bridgehead atoms. The maximum atomic E-state index is 6.15. The second-order valence-electron chi connectivity index (χ2n) is 3.93. The molecule has 1 saturated carbocycles. The Labute approximate surface area is 78.4 Å². The van der Waals surface area contributed by atoms with Gasteiger partial charge in [-0.3, -0.25) is 0 Å². The molecule has 0 saturated heterocycles. The van der Waals surface area contributed by atoms with Crippen molar-refractivity contribution in [3.05, 3.63) is 23.8 Å². The Bertz CT molecular complexity index is 306. The van der Waals surface area contributed by atoms with Crippen molar-refractivity contribution in [2.24, 2.45) is 11.7 Å². The highest BCUT2D eigenvalue weighted by Gasteiger charge is 2.53. The molecule has 3 heteroatoms. The molecular formula is C10H15N3. The summed E-state index contributed by atoms with van der Waals surface area (Å²) in [6.45, 7) is 4.14. The second kappa shape index (κ2) is 2.77. The largest absolute Gasteiger partial charge is 0.319 e. The Hall–Kier alpha value is -0.960. The molecule has 2 unspecified atom stereocenters. The summed E-state index contributed by atoms with van der Waals surface area (Å²) in [5.41, 5.74) is 7.01. The normalized spacial score (nSPS) is 31.8. The van der Waals surface area contributed by atoms with Gasteiger partial charge in [-0.1, -0.05) is 13.3 Å². The van der Waals surface area contributed by atoms with Crippen LogP contribution in [0.1, 0.15) is 31.2 Å². The van der Waals surface area contributed by atoms with Crippen molar-refractivity contribution in [2.45, 2.75) is 32.2 Å². The molecule has 0 spiro atoms. The van der Waals surface area contributed by atoms with Crippen LogP contribution in [0, 0.1) is 12.8 Å². The van der Waals surface area contributed by atoms with E-state index in [-0.39, 0.29) is 5.54 Å². The summed E-state index contributed by atoms with van der Waals surface area (Å²) in [6, 6.07) is 0. The standard InChI is InChI=1S/C10H15N3/c1-3-8-4-10(8,11)9-12-5-7(2)6-13-9/h5-6,8H,3-4,11H2,1-2H3. The zero-order chi connectivity index (χ0) is 9.47. The summed E-state index contributed by atoms with van der Waals surface area (Å²) in [6.07, 6.45) is 5.82. The lowest BCUT2D eigenvalue weighted by atomic mass is 10.1. The van der Waals surface area contributed by atoms with E-state index < -0.39 is 0 Å². The maximum Gasteiger partial charge on any atom is 0.148 e. The van der Waals surface area contributed by atoms with Crippen LogP contribution in [0.5, 0.6) is 0 Å². The van der Waals surface area contributed by atoms with Crippen LogP contribution in [0.15, 0.2) is 12.4 Å². The monoisotopic (exact) mass is 177 g/mol. The molecule has 0 aliphatic heterocycles. The van der Waals surface area contributed by atoms with Crippen LogP contribution >= 0.6 is 0 Å². The topological polar surface area (TPSA) is 51.8 Å². The van der Waals surface area contributed by atoms with Crippen molar-refractivity contribution < 1.29 is 0 Å².